The van der Waals surface area contributed by atoms with Crippen molar-refractivity contribution in [2.45, 2.75) is 243 Å². The van der Waals surface area contributed by atoms with Gasteiger partial charge in [0.15, 0.2) is 53.9 Å². The number of carboxylic acids is 5. The van der Waals surface area contributed by atoms with E-state index in [1.54, 1.807) is 98.8 Å². The molecule has 0 radical (unpaired) electrons. The molecule has 0 fully saturated rings. The van der Waals surface area contributed by atoms with Crippen LogP contribution in [-0.4, -0.2) is 122 Å². The Bertz CT molecular complexity index is 6790. The Balaban J connectivity index is 0.000000161. The molecule has 5 N–H and O–H groups in total. The SMILES string of the molecule is COC(=O)Cc1cc(=O)oc2cc(OC(CCC3=CCCCC3)C(=O)O)ccc12.Cc1c(C)c2ccc(OC(CCC3=CCCCC3)C(=O)O)c([N+](=O)[O-])c2oc1=O.O=C(COc1ccc(F)cc1)c1ccccc1OC(CCC1=CCCCC1)C(=O)O.O=C(O)C(CCC1=CCCCC1)Oc1cccc2c(=O)cc(-c3ccccc3)oc12.O=C(c1cccs1)c1cc(Cl)ccc1OC(CCC1=CCCCC1)C(=O)O. The molecule has 5 aliphatic carbocycles. The van der Waals surface area contributed by atoms with E-state index in [0.29, 0.717) is 118 Å². The Morgan fingerprint density at radius 1 is 0.455 bits per heavy atom. The van der Waals surface area contributed by atoms with E-state index in [0.717, 1.165) is 108 Å². The van der Waals surface area contributed by atoms with Gasteiger partial charge in [-0.15, -0.1) is 11.3 Å². The van der Waals surface area contributed by atoms with Gasteiger partial charge >= 0.3 is 52.8 Å². The lowest BCUT2D eigenvalue weighted by Crippen LogP contribution is -2.28. The van der Waals surface area contributed by atoms with Crippen molar-refractivity contribution in [1.82, 2.24) is 0 Å². The van der Waals surface area contributed by atoms with Gasteiger partial charge in [0.25, 0.3) is 0 Å². The number of carbonyl (C=O) groups is 8. The average Bonchev–Trinajstić information content (AvgIpc) is 1.33. The summed E-state index contributed by atoms with van der Waals surface area (Å²) >= 11 is 7.38. The molecule has 0 spiro atoms. The Morgan fingerprint density at radius 2 is 0.924 bits per heavy atom. The van der Waals surface area contributed by atoms with Gasteiger partial charge in [0.1, 0.15) is 40.2 Å². The highest BCUT2D eigenvalue weighted by Crippen LogP contribution is 2.40. The first-order valence-electron chi connectivity index (χ1n) is 48.7. The number of benzene rings is 7. The largest absolute Gasteiger partial charge is 0.485 e. The fourth-order valence-corrected chi connectivity index (χ4v) is 18.3. The van der Waals surface area contributed by atoms with E-state index in [9.17, 15) is 92.8 Å². The van der Waals surface area contributed by atoms with Crippen LogP contribution in [0.5, 0.6) is 34.5 Å². The van der Waals surface area contributed by atoms with Crippen molar-refractivity contribution in [3.8, 4) is 45.8 Å². The van der Waals surface area contributed by atoms with Crippen LogP contribution in [0.4, 0.5) is 10.1 Å². The second-order valence-corrected chi connectivity index (χ2v) is 37.1. The molecule has 5 unspecified atom stereocenters. The van der Waals surface area contributed by atoms with Gasteiger partial charge in [0.2, 0.25) is 22.9 Å². The van der Waals surface area contributed by atoms with Crippen LogP contribution in [0.2, 0.25) is 5.02 Å². The minimum atomic E-state index is -1.24. The molecule has 4 aromatic heterocycles. The predicted molar refractivity (Wildman–Crippen MR) is 546 cm³/mol. The molecule has 16 rings (SSSR count). The van der Waals surface area contributed by atoms with Crippen LogP contribution in [0.25, 0.3) is 44.2 Å². The highest BCUT2D eigenvalue weighted by Gasteiger charge is 2.33. The Labute approximate surface area is 844 Å². The van der Waals surface area contributed by atoms with Gasteiger partial charge in [-0.25, -0.2) is 38.0 Å². The van der Waals surface area contributed by atoms with Gasteiger partial charge in [0.05, 0.1) is 39.8 Å². The number of rotatable bonds is 40. The number of allylic oxidation sites excluding steroid dienone is 10. The van der Waals surface area contributed by atoms with Gasteiger partial charge in [-0.3, -0.25) is 29.3 Å². The molecule has 0 aliphatic heterocycles. The van der Waals surface area contributed by atoms with Crippen molar-refractivity contribution in [3.05, 3.63) is 318 Å². The summed E-state index contributed by atoms with van der Waals surface area (Å²) in [4.78, 5) is 144. The number of hydrogen-bond donors (Lipinski definition) is 5. The number of fused-ring (bicyclic) bond motifs is 3. The van der Waals surface area contributed by atoms with E-state index in [1.807, 2.05) is 35.7 Å². The van der Waals surface area contributed by atoms with Crippen LogP contribution in [0.3, 0.4) is 0 Å². The lowest BCUT2D eigenvalue weighted by molar-refractivity contribution is -0.384. The molecule has 762 valence electrons. The zero-order valence-corrected chi connectivity index (χ0v) is 82.5. The van der Waals surface area contributed by atoms with Gasteiger partial charge in [-0.1, -0.05) is 124 Å². The summed E-state index contributed by atoms with van der Waals surface area (Å²) < 4.78 is 68.0. The zero-order chi connectivity index (χ0) is 103. The van der Waals surface area contributed by atoms with E-state index < -0.39 is 94.0 Å². The average molecular weight is 2020 g/mol. The molecule has 0 saturated carbocycles. The highest BCUT2D eigenvalue weighted by atomic mass is 35.5. The number of ether oxygens (including phenoxy) is 7. The van der Waals surface area contributed by atoms with Crippen molar-refractivity contribution in [1.29, 1.82) is 0 Å². The quantitative estimate of drug-likeness (QED) is 0.00594. The molecule has 7 aromatic carbocycles. The number of hydrogen-bond acceptors (Lipinski definition) is 24. The van der Waals surface area contributed by atoms with Crippen molar-refractivity contribution in [2.75, 3.05) is 13.7 Å². The van der Waals surface area contributed by atoms with E-state index in [2.05, 4.69) is 35.1 Å². The normalized spacial score (nSPS) is 14.9. The summed E-state index contributed by atoms with van der Waals surface area (Å²) in [5, 5.41) is 63.2. The number of nitro benzene ring substituents is 1. The van der Waals surface area contributed by atoms with Gasteiger partial charge in [0, 0.05) is 45.1 Å². The van der Waals surface area contributed by atoms with E-state index >= 15 is 0 Å². The minimum absolute atomic E-state index is 0.0638. The third kappa shape index (κ3) is 32.3. The number of aryl methyl sites for hydroxylation is 1. The van der Waals surface area contributed by atoms with Gasteiger partial charge in [-0.05, 0) is 320 Å². The minimum Gasteiger partial charge on any atom is -0.485 e. The van der Waals surface area contributed by atoms with Crippen LogP contribution < -0.4 is 45.1 Å². The molecule has 11 aromatic rings. The summed E-state index contributed by atoms with van der Waals surface area (Å²) in [7, 11) is 1.28. The number of nitrogens with zero attached hydrogens (tertiary/aromatic N) is 1. The fraction of sp³-hybridized carbons (Fsp3) is 0.354. The third-order valence-electron chi connectivity index (χ3n) is 25.5. The fourth-order valence-electron chi connectivity index (χ4n) is 17.5. The number of carbonyl (C=O) groups excluding carboxylic acids is 3. The standard InChI is InChI=1S/C25H24O5.C24H25FO5.C22H24O7.C21H21ClO4S.C21H23NO7/c26-20-16-23(18-10-5-2-6-11-18)30-24-19(20)12-7-13-21(24)29-22(25(27)28)15-14-17-8-3-1-4-9-17;25-18-11-13-19(14-12-18)29-16-21(26)20-8-4-5-9-22(20)30-23(24(27)28)15-10-17-6-2-1-3-7-17;1-27-20(23)11-15-12-21(24)29-19-13-16(8-9-17(15)19)28-18(22(25)26)10-7-14-5-3-2-4-6-14;22-15-9-11-17(16(13-15)20(23)19-7-4-12-27-19)26-18(21(24)25)10-8-14-5-2-1-3-6-14;1-12-13(2)21(25)29-19-15(12)9-11-16(18(19)22(26)27)28-17(20(23)24)10-8-14-6-4-3-5-7-14/h2,5-8,10-13,16,22H,1,3-4,9,14-15H2,(H,27,28);4-6,8-9,11-14,23H,1-3,7,10,15-16H2,(H,27,28);5,8-9,12-13,18H,2-4,6-7,10-11H2,1H3,(H,25,26);4-5,7,9,11-13,18H,1-3,6,8,10H2,(H,24,25);6,9,11,17H,3-5,7-8,10H2,1-2H3,(H,23,24). The third-order valence-corrected chi connectivity index (χ3v) is 26.6. The maximum Gasteiger partial charge on any atom is 0.353 e. The van der Waals surface area contributed by atoms with Gasteiger partial charge in [-0.2, -0.15) is 0 Å². The number of esters is 1. The molecule has 4 heterocycles. The Kier molecular flexibility index (Phi) is 41.0. The first kappa shape index (κ1) is 109. The number of halogens is 2. The van der Waals surface area contributed by atoms with E-state index in [1.165, 1.54) is 127 Å². The highest BCUT2D eigenvalue weighted by molar-refractivity contribution is 7.12. The van der Waals surface area contributed by atoms with Crippen LogP contribution >= 0.6 is 22.9 Å². The summed E-state index contributed by atoms with van der Waals surface area (Å²) in [6.45, 7) is 2.99. The zero-order valence-electron chi connectivity index (χ0n) is 80.9. The number of thiophene rings is 1. The van der Waals surface area contributed by atoms with Crippen molar-refractivity contribution >= 4 is 109 Å². The molecule has 29 nitrogen and oxygen atoms in total. The molecular formula is C113H117ClFNO28S. The second kappa shape index (κ2) is 54.6. The summed E-state index contributed by atoms with van der Waals surface area (Å²) in [6, 6.07) is 44.8. The summed E-state index contributed by atoms with van der Waals surface area (Å²) in [5.41, 5.74) is 7.35. The van der Waals surface area contributed by atoms with E-state index in [-0.39, 0.29) is 87.3 Å². The number of ketones is 2. The topological polar surface area (TPSA) is 436 Å². The molecule has 145 heavy (non-hydrogen) atoms. The van der Waals surface area contributed by atoms with E-state index in [4.69, 9.17) is 53.3 Å². The van der Waals surface area contributed by atoms with Crippen LogP contribution in [0.15, 0.2) is 261 Å². The number of para-hydroxylation sites is 2. The number of nitro groups is 1. The molecule has 0 amide bonds. The van der Waals surface area contributed by atoms with Crippen LogP contribution in [0, 0.1) is 29.8 Å². The summed E-state index contributed by atoms with van der Waals surface area (Å²) in [5.74, 6) is -5.19. The lowest BCUT2D eigenvalue weighted by atomic mass is 9.95. The summed E-state index contributed by atoms with van der Waals surface area (Å²) in [6.07, 6.45) is 32.3. The number of carboxylic acid groups (broad SMARTS) is 5. The number of Topliss-reactive ketones (excluding diaryl/α,β-unsaturated/α-hetero) is 1. The van der Waals surface area contributed by atoms with Crippen LogP contribution in [-0.2, 0) is 39.9 Å². The van der Waals surface area contributed by atoms with Gasteiger partial charge < -0.3 is 71.9 Å². The smallest absolute Gasteiger partial charge is 0.353 e. The lowest BCUT2D eigenvalue weighted by Gasteiger charge is -2.19. The molecule has 32 heteroatoms. The Hall–Kier alpha value is -14.9. The second-order valence-electron chi connectivity index (χ2n) is 35.7. The molecular weight excluding hydrogens is 1910 g/mol. The molecule has 5 aliphatic rings. The van der Waals surface area contributed by atoms with Crippen molar-refractivity contribution in [2.24, 2.45) is 0 Å². The Morgan fingerprint density at radius 3 is 1.41 bits per heavy atom. The number of aliphatic carboxylic acids is 5. The predicted octanol–water partition coefficient (Wildman–Crippen LogP) is 24.6. The molecule has 0 bridgehead atoms. The first-order valence-corrected chi connectivity index (χ1v) is 49.9. The molecule has 5 atom stereocenters. The maximum atomic E-state index is 13.0. The number of methoxy groups -OCH3 is 1. The molecule has 0 saturated heterocycles. The monoisotopic (exact) mass is 2020 g/mol. The first-order chi connectivity index (χ1) is 69.9. The van der Waals surface area contributed by atoms with Crippen LogP contribution in [0.1, 0.15) is 235 Å². The maximum absolute atomic E-state index is 13.0. The van der Waals surface area contributed by atoms with Crippen molar-refractivity contribution in [3.63, 3.8) is 0 Å². The van der Waals surface area contributed by atoms with Crippen molar-refractivity contribution < 1.29 is 120 Å².